The van der Waals surface area contributed by atoms with E-state index in [1.54, 1.807) is 13.2 Å². The van der Waals surface area contributed by atoms with Crippen molar-refractivity contribution in [1.29, 1.82) is 0 Å². The molecule has 0 aromatic heterocycles. The lowest BCUT2D eigenvalue weighted by Gasteiger charge is -2.11. The molecule has 0 saturated heterocycles. The highest BCUT2D eigenvalue weighted by atomic mass is 16.5. The summed E-state index contributed by atoms with van der Waals surface area (Å²) in [6, 6.07) is 11.6. The lowest BCUT2D eigenvalue weighted by atomic mass is 10.0. The highest BCUT2D eigenvalue weighted by Crippen LogP contribution is 2.29. The fourth-order valence-electron chi connectivity index (χ4n) is 1.96. The minimum atomic E-state index is -0.985. The standard InChI is InChI=1S/C16H16O4/c1-19-10-11-20-15-8-6-12-4-2-3-5-13(12)14(15)7-9-16(17)18/h2-9H,10-11H2,1H3,(H,17,18)/b9-7+. The van der Waals surface area contributed by atoms with E-state index in [0.717, 1.165) is 22.4 Å². The predicted octanol–water partition coefficient (Wildman–Crippen LogP) is 2.96. The third kappa shape index (κ3) is 3.36. The van der Waals surface area contributed by atoms with Crippen molar-refractivity contribution in [3.63, 3.8) is 0 Å². The van der Waals surface area contributed by atoms with Crippen LogP contribution in [0.15, 0.2) is 42.5 Å². The van der Waals surface area contributed by atoms with Gasteiger partial charge in [-0.15, -0.1) is 0 Å². The summed E-state index contributed by atoms with van der Waals surface area (Å²) in [4.78, 5) is 10.7. The normalized spacial score (nSPS) is 11.1. The highest BCUT2D eigenvalue weighted by Gasteiger charge is 2.06. The molecule has 0 spiro atoms. The van der Waals surface area contributed by atoms with Gasteiger partial charge in [0.05, 0.1) is 6.61 Å². The highest BCUT2D eigenvalue weighted by molar-refractivity contribution is 5.96. The van der Waals surface area contributed by atoms with Crippen molar-refractivity contribution in [1.82, 2.24) is 0 Å². The number of rotatable bonds is 6. The average molecular weight is 272 g/mol. The van der Waals surface area contributed by atoms with Crippen molar-refractivity contribution in [2.24, 2.45) is 0 Å². The van der Waals surface area contributed by atoms with Crippen LogP contribution in [0.1, 0.15) is 5.56 Å². The van der Waals surface area contributed by atoms with E-state index >= 15 is 0 Å². The summed E-state index contributed by atoms with van der Waals surface area (Å²) < 4.78 is 10.6. The number of benzene rings is 2. The van der Waals surface area contributed by atoms with Crippen LogP contribution in [0.2, 0.25) is 0 Å². The molecule has 0 aliphatic carbocycles. The largest absolute Gasteiger partial charge is 0.491 e. The molecule has 104 valence electrons. The minimum Gasteiger partial charge on any atom is -0.491 e. The van der Waals surface area contributed by atoms with E-state index in [2.05, 4.69) is 0 Å². The fourth-order valence-corrected chi connectivity index (χ4v) is 1.96. The van der Waals surface area contributed by atoms with Crippen LogP contribution in [0.4, 0.5) is 0 Å². The summed E-state index contributed by atoms with van der Waals surface area (Å²) >= 11 is 0. The van der Waals surface area contributed by atoms with E-state index < -0.39 is 5.97 Å². The zero-order chi connectivity index (χ0) is 14.4. The van der Waals surface area contributed by atoms with Crippen LogP contribution in [0, 0.1) is 0 Å². The molecule has 2 rings (SSSR count). The summed E-state index contributed by atoms with van der Waals surface area (Å²) in [5.41, 5.74) is 0.765. The maximum Gasteiger partial charge on any atom is 0.328 e. The molecule has 0 fully saturated rings. The number of hydrogen-bond acceptors (Lipinski definition) is 3. The van der Waals surface area contributed by atoms with Gasteiger partial charge in [-0.05, 0) is 22.9 Å². The molecule has 2 aromatic carbocycles. The Labute approximate surface area is 117 Å². The quantitative estimate of drug-likeness (QED) is 0.649. The third-order valence-corrected chi connectivity index (χ3v) is 2.87. The molecule has 0 radical (unpaired) electrons. The van der Waals surface area contributed by atoms with Gasteiger partial charge in [-0.3, -0.25) is 0 Å². The second-order valence-electron chi connectivity index (χ2n) is 4.21. The molecule has 0 saturated carbocycles. The van der Waals surface area contributed by atoms with Gasteiger partial charge in [0.15, 0.2) is 0 Å². The third-order valence-electron chi connectivity index (χ3n) is 2.87. The number of hydrogen-bond donors (Lipinski definition) is 1. The number of ether oxygens (including phenoxy) is 2. The fraction of sp³-hybridized carbons (Fsp3) is 0.188. The summed E-state index contributed by atoms with van der Waals surface area (Å²) in [6.07, 6.45) is 2.68. The molecule has 20 heavy (non-hydrogen) atoms. The molecule has 0 atom stereocenters. The number of methoxy groups -OCH3 is 1. The molecule has 0 unspecified atom stereocenters. The van der Waals surface area contributed by atoms with Crippen LogP contribution in [0.25, 0.3) is 16.8 Å². The van der Waals surface area contributed by atoms with Gasteiger partial charge < -0.3 is 14.6 Å². The predicted molar refractivity (Wildman–Crippen MR) is 78.0 cm³/mol. The Morgan fingerprint density at radius 3 is 2.75 bits per heavy atom. The average Bonchev–Trinajstić information content (AvgIpc) is 2.45. The second kappa shape index (κ2) is 6.73. The molecule has 4 nitrogen and oxygen atoms in total. The number of carbonyl (C=O) groups is 1. The molecule has 4 heteroatoms. The van der Waals surface area contributed by atoms with E-state index in [-0.39, 0.29) is 0 Å². The van der Waals surface area contributed by atoms with Crippen molar-refractivity contribution in [3.8, 4) is 5.75 Å². The van der Waals surface area contributed by atoms with E-state index in [0.29, 0.717) is 19.0 Å². The van der Waals surface area contributed by atoms with Crippen LogP contribution >= 0.6 is 0 Å². The van der Waals surface area contributed by atoms with Crippen molar-refractivity contribution < 1.29 is 19.4 Å². The zero-order valence-electron chi connectivity index (χ0n) is 11.2. The molecule has 2 aromatic rings. The van der Waals surface area contributed by atoms with E-state index in [9.17, 15) is 4.79 Å². The van der Waals surface area contributed by atoms with E-state index in [4.69, 9.17) is 14.6 Å². The first-order chi connectivity index (χ1) is 9.72. The van der Waals surface area contributed by atoms with Crippen molar-refractivity contribution in [2.75, 3.05) is 20.3 Å². The summed E-state index contributed by atoms with van der Waals surface area (Å²) in [6.45, 7) is 0.900. The molecule has 0 heterocycles. The maximum atomic E-state index is 10.7. The van der Waals surface area contributed by atoms with Crippen molar-refractivity contribution in [3.05, 3.63) is 48.0 Å². The van der Waals surface area contributed by atoms with Gasteiger partial charge in [0, 0.05) is 18.7 Å². The van der Waals surface area contributed by atoms with Gasteiger partial charge >= 0.3 is 5.97 Å². The molecule has 0 amide bonds. The Bertz CT molecular complexity index is 631. The summed E-state index contributed by atoms with van der Waals surface area (Å²) in [7, 11) is 1.61. The monoisotopic (exact) mass is 272 g/mol. The van der Waals surface area contributed by atoms with Gasteiger partial charge in [0.2, 0.25) is 0 Å². The number of fused-ring (bicyclic) bond motifs is 1. The molecular weight excluding hydrogens is 256 g/mol. The first kappa shape index (κ1) is 14.1. The Hall–Kier alpha value is -2.33. The van der Waals surface area contributed by atoms with Gasteiger partial charge in [0.25, 0.3) is 0 Å². The van der Waals surface area contributed by atoms with Gasteiger partial charge in [-0.25, -0.2) is 4.79 Å². The molecule has 0 bridgehead atoms. The second-order valence-corrected chi connectivity index (χ2v) is 4.21. The first-order valence-corrected chi connectivity index (χ1v) is 6.27. The maximum absolute atomic E-state index is 10.7. The molecule has 1 N–H and O–H groups in total. The van der Waals surface area contributed by atoms with Crippen LogP contribution in [0.5, 0.6) is 5.75 Å². The number of carboxylic acids is 1. The van der Waals surface area contributed by atoms with Crippen LogP contribution < -0.4 is 4.74 Å². The van der Waals surface area contributed by atoms with Gasteiger partial charge in [0.1, 0.15) is 12.4 Å². The van der Waals surface area contributed by atoms with Crippen LogP contribution in [-0.4, -0.2) is 31.4 Å². The molecular formula is C16H16O4. The Balaban J connectivity index is 2.44. The number of aliphatic carboxylic acids is 1. The molecule has 0 aliphatic heterocycles. The minimum absolute atomic E-state index is 0.419. The van der Waals surface area contributed by atoms with Crippen LogP contribution in [-0.2, 0) is 9.53 Å². The van der Waals surface area contributed by atoms with E-state index in [1.165, 1.54) is 0 Å². The van der Waals surface area contributed by atoms with Crippen molar-refractivity contribution in [2.45, 2.75) is 0 Å². The molecule has 0 aliphatic rings. The summed E-state index contributed by atoms with van der Waals surface area (Å²) in [5, 5.41) is 10.8. The van der Waals surface area contributed by atoms with Gasteiger partial charge in [-0.2, -0.15) is 0 Å². The lowest BCUT2D eigenvalue weighted by Crippen LogP contribution is -2.05. The van der Waals surface area contributed by atoms with Crippen molar-refractivity contribution >= 4 is 22.8 Å². The van der Waals surface area contributed by atoms with Gasteiger partial charge in [-0.1, -0.05) is 30.3 Å². The van der Waals surface area contributed by atoms with Crippen LogP contribution in [0.3, 0.4) is 0 Å². The topological polar surface area (TPSA) is 55.8 Å². The van der Waals surface area contributed by atoms with E-state index in [1.807, 2.05) is 36.4 Å². The Morgan fingerprint density at radius 2 is 2.00 bits per heavy atom. The number of carboxylic acid groups (broad SMARTS) is 1. The summed E-state index contributed by atoms with van der Waals surface area (Å²) in [5.74, 6) is -0.334. The Morgan fingerprint density at radius 1 is 1.20 bits per heavy atom. The first-order valence-electron chi connectivity index (χ1n) is 6.27. The zero-order valence-corrected chi connectivity index (χ0v) is 11.2. The SMILES string of the molecule is COCCOc1ccc2ccccc2c1/C=C/C(=O)O. The smallest absolute Gasteiger partial charge is 0.328 e. The Kier molecular flexibility index (Phi) is 4.74. The lowest BCUT2D eigenvalue weighted by molar-refractivity contribution is -0.131.